The van der Waals surface area contributed by atoms with Crippen molar-refractivity contribution < 1.29 is 9.31 Å². The second kappa shape index (κ2) is 3.47. The zero-order valence-electron chi connectivity index (χ0n) is 7.41. The Kier molecular flexibility index (Phi) is 2.28. The van der Waals surface area contributed by atoms with Gasteiger partial charge in [0.05, 0.1) is 4.92 Å². The van der Waals surface area contributed by atoms with Gasteiger partial charge in [-0.25, -0.2) is 4.39 Å². The zero-order valence-corrected chi connectivity index (χ0v) is 8.16. The molecule has 2 aromatic rings. The van der Waals surface area contributed by atoms with Gasteiger partial charge in [0, 0.05) is 11.5 Å². The summed E-state index contributed by atoms with van der Waals surface area (Å²) in [5.74, 6) is -0.468. The maximum absolute atomic E-state index is 12.9. The molecular formula is C10H5ClFNO2. The van der Waals surface area contributed by atoms with Crippen molar-refractivity contribution >= 4 is 28.1 Å². The summed E-state index contributed by atoms with van der Waals surface area (Å²) >= 11 is 5.80. The number of halogens is 2. The van der Waals surface area contributed by atoms with Crippen molar-refractivity contribution in [1.29, 1.82) is 0 Å². The molecular weight excluding hydrogens is 221 g/mol. The summed E-state index contributed by atoms with van der Waals surface area (Å²) < 4.78 is 12.9. The molecule has 2 rings (SSSR count). The number of hydrogen-bond acceptors (Lipinski definition) is 2. The van der Waals surface area contributed by atoms with Gasteiger partial charge in [-0.15, -0.1) is 0 Å². The van der Waals surface area contributed by atoms with Crippen molar-refractivity contribution in [3.8, 4) is 0 Å². The van der Waals surface area contributed by atoms with Gasteiger partial charge in [-0.3, -0.25) is 10.1 Å². The standard InChI is InChI=1S/C10H5ClFNO2/c11-10-8-5-7(12)3-1-6(8)2-4-9(10)13(14)15/h1-5H. The molecule has 0 saturated heterocycles. The van der Waals surface area contributed by atoms with Crippen LogP contribution in [-0.2, 0) is 0 Å². The normalized spacial score (nSPS) is 10.5. The van der Waals surface area contributed by atoms with Crippen molar-refractivity contribution in [3.05, 3.63) is 51.3 Å². The van der Waals surface area contributed by atoms with E-state index in [0.29, 0.717) is 10.8 Å². The molecule has 0 fully saturated rings. The lowest BCUT2D eigenvalue weighted by Gasteiger charge is -2.01. The molecule has 0 radical (unpaired) electrons. The Morgan fingerprint density at radius 3 is 2.60 bits per heavy atom. The van der Waals surface area contributed by atoms with Crippen LogP contribution in [0.1, 0.15) is 0 Å². The van der Waals surface area contributed by atoms with Crippen LogP contribution in [0.25, 0.3) is 10.8 Å². The highest BCUT2D eigenvalue weighted by Gasteiger charge is 2.14. The quantitative estimate of drug-likeness (QED) is 0.550. The van der Waals surface area contributed by atoms with E-state index in [-0.39, 0.29) is 10.7 Å². The molecule has 0 aromatic heterocycles. The molecule has 0 aliphatic heterocycles. The van der Waals surface area contributed by atoms with Crippen molar-refractivity contribution in [2.45, 2.75) is 0 Å². The summed E-state index contributed by atoms with van der Waals surface area (Å²) in [7, 11) is 0. The van der Waals surface area contributed by atoms with Gasteiger partial charge in [0.15, 0.2) is 0 Å². The molecule has 0 N–H and O–H groups in total. The third-order valence-corrected chi connectivity index (χ3v) is 2.49. The Hall–Kier alpha value is -1.68. The van der Waals surface area contributed by atoms with Crippen molar-refractivity contribution in [2.75, 3.05) is 0 Å². The van der Waals surface area contributed by atoms with Crippen molar-refractivity contribution in [3.63, 3.8) is 0 Å². The average Bonchev–Trinajstić information content (AvgIpc) is 2.19. The summed E-state index contributed by atoms with van der Waals surface area (Å²) in [4.78, 5) is 9.99. The number of hydrogen-bond donors (Lipinski definition) is 0. The highest BCUT2D eigenvalue weighted by Crippen LogP contribution is 2.32. The fourth-order valence-electron chi connectivity index (χ4n) is 1.38. The van der Waals surface area contributed by atoms with E-state index in [1.807, 2.05) is 0 Å². The minimum absolute atomic E-state index is 0.0306. The van der Waals surface area contributed by atoms with Crippen molar-refractivity contribution in [1.82, 2.24) is 0 Å². The summed E-state index contributed by atoms with van der Waals surface area (Å²) in [6, 6.07) is 6.84. The minimum atomic E-state index is -0.591. The van der Waals surface area contributed by atoms with Crippen LogP contribution in [0.4, 0.5) is 10.1 Å². The van der Waals surface area contributed by atoms with Crippen LogP contribution in [0.15, 0.2) is 30.3 Å². The topological polar surface area (TPSA) is 43.1 Å². The van der Waals surface area contributed by atoms with E-state index >= 15 is 0 Å². The molecule has 0 unspecified atom stereocenters. The number of nitro groups is 1. The molecule has 0 saturated carbocycles. The molecule has 0 atom stereocenters. The smallest absolute Gasteiger partial charge is 0.258 e. The number of fused-ring (bicyclic) bond motifs is 1. The van der Waals surface area contributed by atoms with E-state index in [1.165, 1.54) is 24.3 Å². The lowest BCUT2D eigenvalue weighted by atomic mass is 10.1. The van der Waals surface area contributed by atoms with Crippen LogP contribution in [0, 0.1) is 15.9 Å². The van der Waals surface area contributed by atoms with Crippen LogP contribution < -0.4 is 0 Å². The van der Waals surface area contributed by atoms with Gasteiger partial charge < -0.3 is 0 Å². The first-order valence-electron chi connectivity index (χ1n) is 4.12. The van der Waals surface area contributed by atoms with Gasteiger partial charge in [0.2, 0.25) is 0 Å². The summed E-state index contributed by atoms with van der Waals surface area (Å²) in [5, 5.41) is 11.6. The molecule has 15 heavy (non-hydrogen) atoms. The van der Waals surface area contributed by atoms with Crippen LogP contribution >= 0.6 is 11.6 Å². The summed E-state index contributed by atoms with van der Waals surface area (Å²) in [6.45, 7) is 0. The highest BCUT2D eigenvalue weighted by molar-refractivity contribution is 6.37. The molecule has 0 aliphatic carbocycles. The SMILES string of the molecule is O=[N+]([O-])c1ccc2ccc(F)cc2c1Cl. The van der Waals surface area contributed by atoms with Gasteiger partial charge in [-0.05, 0) is 23.6 Å². The van der Waals surface area contributed by atoms with Crippen LogP contribution in [0.5, 0.6) is 0 Å². The molecule has 0 aliphatic rings. The second-order valence-corrected chi connectivity index (χ2v) is 3.40. The number of nitrogens with zero attached hydrogens (tertiary/aromatic N) is 1. The van der Waals surface area contributed by atoms with Crippen LogP contribution in [0.2, 0.25) is 5.02 Å². The molecule has 2 aromatic carbocycles. The van der Waals surface area contributed by atoms with Gasteiger partial charge in [0.25, 0.3) is 5.69 Å². The molecule has 3 nitrogen and oxygen atoms in total. The monoisotopic (exact) mass is 225 g/mol. The molecule has 5 heteroatoms. The molecule has 0 spiro atoms. The van der Waals surface area contributed by atoms with E-state index in [2.05, 4.69) is 0 Å². The highest BCUT2D eigenvalue weighted by atomic mass is 35.5. The van der Waals surface area contributed by atoms with Crippen LogP contribution in [0.3, 0.4) is 0 Å². The Bertz CT molecular complexity index is 556. The maximum Gasteiger partial charge on any atom is 0.288 e. The second-order valence-electron chi connectivity index (χ2n) is 3.02. The van der Waals surface area contributed by atoms with E-state index in [0.717, 1.165) is 0 Å². The number of nitro benzene ring substituents is 1. The Morgan fingerprint density at radius 2 is 1.93 bits per heavy atom. The fraction of sp³-hybridized carbons (Fsp3) is 0. The first-order valence-corrected chi connectivity index (χ1v) is 4.49. The first-order chi connectivity index (χ1) is 7.09. The zero-order chi connectivity index (χ0) is 11.0. The lowest BCUT2D eigenvalue weighted by molar-refractivity contribution is -0.384. The van der Waals surface area contributed by atoms with Gasteiger partial charge >= 0.3 is 0 Å². The summed E-state index contributed by atoms with van der Waals surface area (Å²) in [6.07, 6.45) is 0. The Labute approximate surface area is 89.2 Å². The predicted molar refractivity (Wildman–Crippen MR) is 55.6 cm³/mol. The molecule has 0 amide bonds. The largest absolute Gasteiger partial charge is 0.288 e. The number of rotatable bonds is 1. The molecule has 0 heterocycles. The van der Waals surface area contributed by atoms with E-state index in [9.17, 15) is 14.5 Å². The Balaban J connectivity index is 2.82. The Morgan fingerprint density at radius 1 is 1.27 bits per heavy atom. The third kappa shape index (κ3) is 1.64. The van der Waals surface area contributed by atoms with E-state index < -0.39 is 10.7 Å². The van der Waals surface area contributed by atoms with Gasteiger partial charge in [0.1, 0.15) is 10.8 Å². The summed E-state index contributed by atoms with van der Waals surface area (Å²) in [5.41, 5.74) is -0.213. The van der Waals surface area contributed by atoms with Crippen molar-refractivity contribution in [2.24, 2.45) is 0 Å². The predicted octanol–water partition coefficient (Wildman–Crippen LogP) is 3.54. The molecule has 0 bridgehead atoms. The first kappa shape index (κ1) is 9.86. The lowest BCUT2D eigenvalue weighted by Crippen LogP contribution is -1.89. The number of benzene rings is 2. The van der Waals surface area contributed by atoms with Gasteiger partial charge in [-0.2, -0.15) is 0 Å². The third-order valence-electron chi connectivity index (χ3n) is 2.09. The minimum Gasteiger partial charge on any atom is -0.258 e. The molecule has 76 valence electrons. The van der Waals surface area contributed by atoms with E-state index in [1.54, 1.807) is 6.07 Å². The average molecular weight is 226 g/mol. The maximum atomic E-state index is 12.9. The van der Waals surface area contributed by atoms with Crippen LogP contribution in [-0.4, -0.2) is 4.92 Å². The van der Waals surface area contributed by atoms with Gasteiger partial charge in [-0.1, -0.05) is 17.7 Å². The van der Waals surface area contributed by atoms with E-state index in [4.69, 9.17) is 11.6 Å². The fourth-order valence-corrected chi connectivity index (χ4v) is 1.68.